The van der Waals surface area contributed by atoms with E-state index in [4.69, 9.17) is 16.3 Å². The number of anilines is 2. The van der Waals surface area contributed by atoms with Crippen molar-refractivity contribution in [1.29, 1.82) is 0 Å². The van der Waals surface area contributed by atoms with Crippen molar-refractivity contribution in [3.05, 3.63) is 58.6 Å². The number of esters is 1. The van der Waals surface area contributed by atoms with Crippen molar-refractivity contribution in [2.45, 2.75) is 19.8 Å². The lowest BCUT2D eigenvalue weighted by Gasteiger charge is -2.28. The summed E-state index contributed by atoms with van der Waals surface area (Å²) in [4.78, 5) is 24.4. The summed E-state index contributed by atoms with van der Waals surface area (Å²) in [5, 5.41) is 2.87. The van der Waals surface area contributed by atoms with E-state index in [1.807, 2.05) is 0 Å². The second kappa shape index (κ2) is 8.84. The number of carbonyl (C=O) groups is 2. The molecule has 7 nitrogen and oxygen atoms in total. The molecule has 1 aliphatic rings. The molecular weight excluding hydrogens is 416 g/mol. The summed E-state index contributed by atoms with van der Waals surface area (Å²) in [5.41, 5.74) is 1.40. The normalized spacial score (nSPS) is 15.6. The number of amides is 1. The maximum atomic E-state index is 12.6. The smallest absolute Gasteiger partial charge is 0.339 e. The van der Waals surface area contributed by atoms with E-state index >= 15 is 0 Å². The molecule has 3 rings (SSSR count). The third-order valence-corrected chi connectivity index (χ3v) is 6.65. The first-order chi connectivity index (χ1) is 13.8. The molecule has 0 unspecified atom stereocenters. The fraction of sp³-hybridized carbons (Fsp3) is 0.300. The Labute approximate surface area is 174 Å². The number of sulfonamides is 1. The Morgan fingerprint density at radius 1 is 1.17 bits per heavy atom. The molecule has 2 aromatic carbocycles. The molecule has 1 saturated heterocycles. The van der Waals surface area contributed by atoms with Crippen LogP contribution in [0.1, 0.15) is 40.5 Å². The van der Waals surface area contributed by atoms with Crippen LogP contribution in [0.2, 0.25) is 5.02 Å². The molecular formula is C20H21ClN2O5S. The molecule has 154 valence electrons. The molecule has 2 aromatic rings. The molecule has 29 heavy (non-hydrogen) atoms. The van der Waals surface area contributed by atoms with Gasteiger partial charge in [0.25, 0.3) is 5.91 Å². The number of halogens is 1. The monoisotopic (exact) mass is 436 g/mol. The van der Waals surface area contributed by atoms with Crippen LogP contribution >= 0.6 is 11.6 Å². The Bertz CT molecular complexity index is 1040. The van der Waals surface area contributed by atoms with Gasteiger partial charge >= 0.3 is 5.97 Å². The molecule has 0 bridgehead atoms. The molecule has 0 aliphatic carbocycles. The predicted octanol–water partition coefficient (Wildman–Crippen LogP) is 3.70. The van der Waals surface area contributed by atoms with Crippen LogP contribution in [-0.2, 0) is 14.8 Å². The van der Waals surface area contributed by atoms with Gasteiger partial charge in [0.05, 0.1) is 28.6 Å². The van der Waals surface area contributed by atoms with Crippen molar-refractivity contribution in [2.75, 3.05) is 28.5 Å². The number of benzene rings is 2. The quantitative estimate of drug-likeness (QED) is 0.721. The maximum absolute atomic E-state index is 12.6. The number of carbonyl (C=O) groups excluding carboxylic acids is 2. The average molecular weight is 437 g/mol. The van der Waals surface area contributed by atoms with Gasteiger partial charge in [0, 0.05) is 17.8 Å². The van der Waals surface area contributed by atoms with Gasteiger partial charge in [-0.25, -0.2) is 13.2 Å². The molecule has 0 saturated carbocycles. The molecule has 0 aromatic heterocycles. The third kappa shape index (κ3) is 4.89. The lowest BCUT2D eigenvalue weighted by molar-refractivity contribution is 0.0526. The predicted molar refractivity (Wildman–Crippen MR) is 112 cm³/mol. The minimum atomic E-state index is -3.36. The van der Waals surface area contributed by atoms with Crippen LogP contribution < -0.4 is 9.62 Å². The molecule has 1 aliphatic heterocycles. The largest absolute Gasteiger partial charge is 0.462 e. The van der Waals surface area contributed by atoms with E-state index in [9.17, 15) is 18.0 Å². The summed E-state index contributed by atoms with van der Waals surface area (Å²) in [7, 11) is -3.36. The third-order valence-electron chi connectivity index (χ3n) is 4.47. The fourth-order valence-corrected chi connectivity index (χ4v) is 4.94. The second-order valence-corrected chi connectivity index (χ2v) is 8.93. The van der Waals surface area contributed by atoms with Crippen molar-refractivity contribution >= 4 is 44.9 Å². The van der Waals surface area contributed by atoms with Crippen LogP contribution in [0.15, 0.2) is 42.5 Å². The fourth-order valence-electron chi connectivity index (χ4n) is 3.05. The van der Waals surface area contributed by atoms with Crippen molar-refractivity contribution in [1.82, 2.24) is 0 Å². The van der Waals surface area contributed by atoms with E-state index in [-0.39, 0.29) is 22.9 Å². The summed E-state index contributed by atoms with van der Waals surface area (Å²) < 4.78 is 30.9. The molecule has 1 heterocycles. The minimum Gasteiger partial charge on any atom is -0.462 e. The number of nitrogens with one attached hydrogen (secondary N) is 1. The van der Waals surface area contributed by atoms with Crippen molar-refractivity contribution in [3.8, 4) is 0 Å². The zero-order valence-corrected chi connectivity index (χ0v) is 17.4. The van der Waals surface area contributed by atoms with E-state index in [1.165, 1.54) is 16.4 Å². The standard InChI is InChI=1S/C20H21ClN2O5S/c1-2-28-20(25)17-9-8-15(13-18(17)21)22-19(24)14-6-5-7-16(12-14)23-10-3-4-11-29(23,26)27/h5-9,12-13H,2-4,10-11H2,1H3,(H,22,24). The number of ether oxygens (including phenoxy) is 1. The van der Waals surface area contributed by atoms with Crippen LogP contribution in [0.4, 0.5) is 11.4 Å². The van der Waals surface area contributed by atoms with E-state index < -0.39 is 21.9 Å². The van der Waals surface area contributed by atoms with E-state index in [2.05, 4.69) is 5.32 Å². The van der Waals surface area contributed by atoms with E-state index in [0.717, 1.165) is 6.42 Å². The van der Waals surface area contributed by atoms with Crippen LogP contribution in [0, 0.1) is 0 Å². The van der Waals surface area contributed by atoms with Gasteiger partial charge in [0.2, 0.25) is 10.0 Å². The molecule has 1 fully saturated rings. The maximum Gasteiger partial charge on any atom is 0.339 e. The highest BCUT2D eigenvalue weighted by atomic mass is 35.5. The van der Waals surface area contributed by atoms with Crippen molar-refractivity contribution in [3.63, 3.8) is 0 Å². The van der Waals surface area contributed by atoms with Crippen LogP contribution in [0.3, 0.4) is 0 Å². The Morgan fingerprint density at radius 3 is 2.66 bits per heavy atom. The lowest BCUT2D eigenvalue weighted by Crippen LogP contribution is -2.37. The van der Waals surface area contributed by atoms with Gasteiger partial charge in [-0.1, -0.05) is 17.7 Å². The lowest BCUT2D eigenvalue weighted by atomic mass is 10.1. The topological polar surface area (TPSA) is 92.8 Å². The molecule has 9 heteroatoms. The first-order valence-corrected chi connectivity index (χ1v) is 11.2. The van der Waals surface area contributed by atoms with Crippen molar-refractivity contribution < 1.29 is 22.7 Å². The van der Waals surface area contributed by atoms with Gasteiger partial charge in [-0.3, -0.25) is 9.10 Å². The molecule has 1 N–H and O–H groups in total. The average Bonchev–Trinajstić information content (AvgIpc) is 2.68. The van der Waals surface area contributed by atoms with Crippen LogP contribution in [-0.4, -0.2) is 39.2 Å². The Morgan fingerprint density at radius 2 is 1.97 bits per heavy atom. The molecule has 0 spiro atoms. The summed E-state index contributed by atoms with van der Waals surface area (Å²) in [5.74, 6) is -0.846. The van der Waals surface area contributed by atoms with Gasteiger partial charge in [0.1, 0.15) is 0 Å². The van der Waals surface area contributed by atoms with Crippen molar-refractivity contribution in [2.24, 2.45) is 0 Å². The zero-order chi connectivity index (χ0) is 21.0. The highest BCUT2D eigenvalue weighted by Gasteiger charge is 2.26. The Hall–Kier alpha value is -2.58. The summed E-state index contributed by atoms with van der Waals surface area (Å²) in [6, 6.07) is 11.0. The molecule has 1 amide bonds. The first kappa shape index (κ1) is 21.1. The number of nitrogens with zero attached hydrogens (tertiary/aromatic N) is 1. The second-order valence-electron chi connectivity index (χ2n) is 6.51. The van der Waals surface area contributed by atoms with Gasteiger partial charge in [0.15, 0.2) is 0 Å². The first-order valence-electron chi connectivity index (χ1n) is 9.20. The summed E-state index contributed by atoms with van der Waals surface area (Å²) in [6.07, 6.45) is 1.42. The van der Waals surface area contributed by atoms with Crippen LogP contribution in [0.25, 0.3) is 0 Å². The van der Waals surface area contributed by atoms with Gasteiger partial charge in [-0.05, 0) is 56.2 Å². The number of hydrogen-bond acceptors (Lipinski definition) is 5. The minimum absolute atomic E-state index is 0.106. The Balaban J connectivity index is 1.78. The Kier molecular flexibility index (Phi) is 6.44. The number of rotatable bonds is 5. The highest BCUT2D eigenvalue weighted by Crippen LogP contribution is 2.26. The van der Waals surface area contributed by atoms with Gasteiger partial charge in [-0.2, -0.15) is 0 Å². The van der Waals surface area contributed by atoms with Crippen LogP contribution in [0.5, 0.6) is 0 Å². The highest BCUT2D eigenvalue weighted by molar-refractivity contribution is 7.92. The SMILES string of the molecule is CCOC(=O)c1ccc(NC(=O)c2cccc(N3CCCCS3(=O)=O)c2)cc1Cl. The number of hydrogen-bond donors (Lipinski definition) is 1. The van der Waals surface area contributed by atoms with Gasteiger partial charge in [-0.15, -0.1) is 0 Å². The summed E-state index contributed by atoms with van der Waals surface area (Å²) in [6.45, 7) is 2.33. The molecule has 0 atom stereocenters. The van der Waals surface area contributed by atoms with Gasteiger partial charge < -0.3 is 10.1 Å². The zero-order valence-electron chi connectivity index (χ0n) is 15.9. The van der Waals surface area contributed by atoms with E-state index in [0.29, 0.717) is 29.9 Å². The summed E-state index contributed by atoms with van der Waals surface area (Å²) >= 11 is 6.12. The van der Waals surface area contributed by atoms with E-state index in [1.54, 1.807) is 37.3 Å². The molecule has 0 radical (unpaired) electrons.